The second kappa shape index (κ2) is 12.9. The van der Waals surface area contributed by atoms with Crippen LogP contribution in [-0.4, -0.2) is 56.2 Å². The average Bonchev–Trinajstić information content (AvgIpc) is 2.84. The van der Waals surface area contributed by atoms with Gasteiger partial charge < -0.3 is 39.4 Å². The second-order valence-electron chi connectivity index (χ2n) is 8.98. The molecule has 0 radical (unpaired) electrons. The predicted octanol–water partition coefficient (Wildman–Crippen LogP) is 3.53. The molecular formula is C26H36N2O8. The molecule has 0 aliphatic rings. The molecule has 0 aliphatic carbocycles. The van der Waals surface area contributed by atoms with Crippen LogP contribution in [0, 0.1) is 0 Å². The number of aromatic hydroxyl groups is 1. The Kier molecular flexibility index (Phi) is 10.2. The molecule has 0 unspecified atom stereocenters. The fraction of sp³-hybridized carbons (Fsp3) is 0.462. The van der Waals surface area contributed by atoms with Crippen LogP contribution in [0.15, 0.2) is 36.4 Å². The van der Waals surface area contributed by atoms with Crippen LogP contribution in [0.5, 0.6) is 23.0 Å². The van der Waals surface area contributed by atoms with Gasteiger partial charge in [0.05, 0.1) is 46.1 Å². The first kappa shape index (κ1) is 28.6. The maximum Gasteiger partial charge on any atom is 0.408 e. The Morgan fingerprint density at radius 1 is 1.00 bits per heavy atom. The Bertz CT molecular complexity index is 1020. The highest BCUT2D eigenvalue weighted by molar-refractivity contribution is 5.86. The van der Waals surface area contributed by atoms with Crippen LogP contribution in [0.25, 0.3) is 0 Å². The van der Waals surface area contributed by atoms with E-state index in [9.17, 15) is 14.7 Å². The molecule has 10 heteroatoms. The predicted molar refractivity (Wildman–Crippen MR) is 133 cm³/mol. The van der Waals surface area contributed by atoms with Gasteiger partial charge in [0.15, 0.2) is 23.0 Å². The summed E-state index contributed by atoms with van der Waals surface area (Å²) in [4.78, 5) is 25.7. The Morgan fingerprint density at radius 3 is 2.19 bits per heavy atom. The Labute approximate surface area is 211 Å². The maximum absolute atomic E-state index is 13.2. The van der Waals surface area contributed by atoms with Gasteiger partial charge in [-0.25, -0.2) is 4.79 Å². The van der Waals surface area contributed by atoms with Crippen molar-refractivity contribution in [2.75, 3.05) is 21.3 Å². The van der Waals surface area contributed by atoms with Crippen LogP contribution in [-0.2, 0) is 27.4 Å². The summed E-state index contributed by atoms with van der Waals surface area (Å²) in [7, 11) is 4.26. The minimum atomic E-state index is -1.09. The van der Waals surface area contributed by atoms with E-state index >= 15 is 0 Å². The monoisotopic (exact) mass is 504 g/mol. The summed E-state index contributed by atoms with van der Waals surface area (Å²) < 4.78 is 27.1. The number of hydrogen-bond acceptors (Lipinski definition) is 8. The first-order valence-corrected chi connectivity index (χ1v) is 11.4. The lowest BCUT2D eigenvalue weighted by molar-refractivity contribution is -0.127. The topological polar surface area (TPSA) is 125 Å². The highest BCUT2D eigenvalue weighted by Gasteiger charge is 2.30. The van der Waals surface area contributed by atoms with Crippen LogP contribution < -0.4 is 24.8 Å². The molecule has 0 spiro atoms. The minimum absolute atomic E-state index is 0.140. The van der Waals surface area contributed by atoms with Crippen molar-refractivity contribution in [3.63, 3.8) is 0 Å². The van der Waals surface area contributed by atoms with E-state index in [-0.39, 0.29) is 36.0 Å². The van der Waals surface area contributed by atoms with Crippen LogP contribution in [0.4, 0.5) is 4.79 Å². The Balaban J connectivity index is 2.24. The first-order valence-electron chi connectivity index (χ1n) is 11.4. The Morgan fingerprint density at radius 2 is 1.64 bits per heavy atom. The molecule has 2 aromatic rings. The third kappa shape index (κ3) is 7.94. The van der Waals surface area contributed by atoms with Gasteiger partial charge in [0.1, 0.15) is 11.6 Å². The molecule has 2 aromatic carbocycles. The number of carbonyl (C=O) groups excluding carboxylic acids is 2. The van der Waals surface area contributed by atoms with E-state index in [0.29, 0.717) is 5.75 Å². The highest BCUT2D eigenvalue weighted by Crippen LogP contribution is 2.43. The van der Waals surface area contributed by atoms with Crippen molar-refractivity contribution >= 4 is 12.0 Å². The number of nitrogens with one attached hydrogen (secondary N) is 2. The van der Waals surface area contributed by atoms with E-state index < -0.39 is 29.7 Å². The van der Waals surface area contributed by atoms with Crippen LogP contribution in [0.2, 0.25) is 0 Å². The number of phenols is 1. The Hall–Kier alpha value is -3.66. The lowest BCUT2D eigenvalue weighted by Crippen LogP contribution is -2.53. The number of hydrogen-bond donors (Lipinski definition) is 3. The van der Waals surface area contributed by atoms with E-state index in [2.05, 4.69) is 10.6 Å². The third-order valence-electron chi connectivity index (χ3n) is 5.14. The SMILES string of the molecule is COc1cc(OC)c(OC)c(CNC(=O)[C@@H](NC(=O)OC(C)(C)C)[C@@H](C)OCc2ccccc2)c1O. The number of phenolic OH excluding ortho intramolecular Hbond substituents is 1. The number of rotatable bonds is 11. The van der Waals surface area contributed by atoms with Gasteiger partial charge in [-0.15, -0.1) is 0 Å². The fourth-order valence-corrected chi connectivity index (χ4v) is 3.37. The van der Waals surface area contributed by atoms with Crippen LogP contribution in [0.3, 0.4) is 0 Å². The molecule has 10 nitrogen and oxygen atoms in total. The number of benzene rings is 2. The summed E-state index contributed by atoms with van der Waals surface area (Å²) in [5, 5.41) is 16.0. The minimum Gasteiger partial charge on any atom is -0.504 e. The van der Waals surface area contributed by atoms with E-state index in [1.54, 1.807) is 27.7 Å². The zero-order valence-electron chi connectivity index (χ0n) is 21.8. The molecule has 0 saturated heterocycles. The average molecular weight is 505 g/mol. The van der Waals surface area contributed by atoms with Crippen LogP contribution >= 0.6 is 0 Å². The lowest BCUT2D eigenvalue weighted by Gasteiger charge is -2.27. The number of alkyl carbamates (subject to hydrolysis) is 1. The molecule has 3 N–H and O–H groups in total. The van der Waals surface area contributed by atoms with Crippen molar-refractivity contribution in [1.82, 2.24) is 10.6 Å². The van der Waals surface area contributed by atoms with Gasteiger partial charge in [0.25, 0.3) is 0 Å². The molecule has 0 aliphatic heterocycles. The summed E-state index contributed by atoms with van der Waals surface area (Å²) in [6.45, 7) is 6.95. The van der Waals surface area contributed by atoms with Gasteiger partial charge in [-0.1, -0.05) is 30.3 Å². The van der Waals surface area contributed by atoms with E-state index in [1.165, 1.54) is 27.4 Å². The van der Waals surface area contributed by atoms with E-state index in [4.69, 9.17) is 23.7 Å². The van der Waals surface area contributed by atoms with Gasteiger partial charge in [-0.05, 0) is 33.3 Å². The molecule has 2 rings (SSSR count). The molecule has 0 saturated carbocycles. The number of carbonyl (C=O) groups is 2. The van der Waals surface area contributed by atoms with Crippen molar-refractivity contribution < 1.29 is 38.4 Å². The van der Waals surface area contributed by atoms with Gasteiger partial charge in [-0.2, -0.15) is 0 Å². The number of methoxy groups -OCH3 is 3. The molecule has 0 aromatic heterocycles. The van der Waals surface area contributed by atoms with Crippen LogP contribution in [0.1, 0.15) is 38.8 Å². The molecule has 0 heterocycles. The summed E-state index contributed by atoms with van der Waals surface area (Å²) in [5.74, 6) is -0.0504. The molecular weight excluding hydrogens is 468 g/mol. The molecule has 0 fully saturated rings. The maximum atomic E-state index is 13.2. The molecule has 2 amide bonds. The quantitative estimate of drug-likeness (QED) is 0.425. The van der Waals surface area contributed by atoms with Crippen molar-refractivity contribution in [2.45, 2.75) is 58.6 Å². The molecule has 2 atom stereocenters. The summed E-state index contributed by atoms with van der Waals surface area (Å²) in [6.07, 6.45) is -1.48. The normalized spacial score (nSPS) is 12.8. The summed E-state index contributed by atoms with van der Waals surface area (Å²) >= 11 is 0. The number of ether oxygens (including phenoxy) is 5. The fourth-order valence-electron chi connectivity index (χ4n) is 3.37. The van der Waals surface area contributed by atoms with Crippen molar-refractivity contribution in [3.8, 4) is 23.0 Å². The summed E-state index contributed by atoms with van der Waals surface area (Å²) in [6, 6.07) is 9.84. The van der Waals surface area contributed by atoms with Crippen molar-refractivity contribution in [1.29, 1.82) is 0 Å². The summed E-state index contributed by atoms with van der Waals surface area (Å²) in [5.41, 5.74) is 0.407. The standard InChI is InChI=1S/C26H36N2O8/c1-16(35-15-17-11-9-8-10-12-17)21(28-25(31)36-26(2,3)4)24(30)27-14-18-22(29)19(32-5)13-20(33-6)23(18)34-7/h8-13,16,21,29H,14-15H2,1-7H3,(H,27,30)(H,28,31)/t16-,21+/m1/s1. The van der Waals surface area contributed by atoms with Gasteiger partial charge in [0, 0.05) is 6.07 Å². The zero-order valence-corrected chi connectivity index (χ0v) is 21.8. The zero-order chi connectivity index (χ0) is 26.9. The van der Waals surface area contributed by atoms with Gasteiger partial charge in [0.2, 0.25) is 5.91 Å². The first-order chi connectivity index (χ1) is 17.0. The van der Waals surface area contributed by atoms with E-state index in [1.807, 2.05) is 30.3 Å². The van der Waals surface area contributed by atoms with Gasteiger partial charge in [-0.3, -0.25) is 4.79 Å². The molecule has 36 heavy (non-hydrogen) atoms. The second-order valence-corrected chi connectivity index (χ2v) is 8.98. The van der Waals surface area contributed by atoms with Crippen molar-refractivity contribution in [3.05, 3.63) is 47.5 Å². The largest absolute Gasteiger partial charge is 0.504 e. The highest BCUT2D eigenvalue weighted by atomic mass is 16.6. The van der Waals surface area contributed by atoms with E-state index in [0.717, 1.165) is 5.56 Å². The number of amides is 2. The third-order valence-corrected chi connectivity index (χ3v) is 5.14. The van der Waals surface area contributed by atoms with Gasteiger partial charge >= 0.3 is 6.09 Å². The van der Waals surface area contributed by atoms with Crippen molar-refractivity contribution in [2.24, 2.45) is 0 Å². The molecule has 0 bridgehead atoms. The smallest absolute Gasteiger partial charge is 0.408 e. The lowest BCUT2D eigenvalue weighted by atomic mass is 10.1. The molecule has 198 valence electrons.